The normalized spacial score (nSPS) is 23.8. The molecule has 0 spiro atoms. The van der Waals surface area contributed by atoms with Crippen molar-refractivity contribution >= 4 is 5.97 Å². The molecule has 1 unspecified atom stereocenters. The van der Waals surface area contributed by atoms with Gasteiger partial charge in [0.15, 0.2) is 0 Å². The van der Waals surface area contributed by atoms with Gasteiger partial charge >= 0.3 is 5.97 Å². The Hall–Kier alpha value is -0.530. The van der Waals surface area contributed by atoms with Crippen LogP contribution in [0.5, 0.6) is 0 Å². The third-order valence-corrected chi connectivity index (χ3v) is 8.01. The highest BCUT2D eigenvalue weighted by Crippen LogP contribution is 2.62. The van der Waals surface area contributed by atoms with Gasteiger partial charge in [0, 0.05) is 0 Å². The lowest BCUT2D eigenvalue weighted by molar-refractivity contribution is -0.187. The third-order valence-electron chi connectivity index (χ3n) is 8.01. The van der Waals surface area contributed by atoms with E-state index in [4.69, 9.17) is 4.74 Å². The average molecular weight is 379 g/mol. The third kappa shape index (κ3) is 5.10. The smallest absolute Gasteiger partial charge is 0.312 e. The van der Waals surface area contributed by atoms with Crippen LogP contribution in [-0.4, -0.2) is 11.6 Å². The Bertz CT molecular complexity index is 485. The van der Waals surface area contributed by atoms with Gasteiger partial charge in [0.1, 0.15) is 5.60 Å². The summed E-state index contributed by atoms with van der Waals surface area (Å²) in [5.41, 5.74) is -0.395. The van der Waals surface area contributed by atoms with Crippen LogP contribution in [0.4, 0.5) is 0 Å². The molecule has 27 heavy (non-hydrogen) atoms. The van der Waals surface area contributed by atoms with Crippen LogP contribution in [-0.2, 0) is 9.53 Å². The molecule has 0 aromatic carbocycles. The first kappa shape index (κ1) is 22.8. The molecule has 0 aliphatic heterocycles. The summed E-state index contributed by atoms with van der Waals surface area (Å²) < 4.78 is 6.61. The van der Waals surface area contributed by atoms with Crippen LogP contribution in [0.1, 0.15) is 126 Å². The fraction of sp³-hybridized carbons (Fsp3) is 0.960. The van der Waals surface area contributed by atoms with Gasteiger partial charge in [0.05, 0.1) is 5.41 Å². The summed E-state index contributed by atoms with van der Waals surface area (Å²) in [5, 5.41) is 0. The van der Waals surface area contributed by atoms with E-state index >= 15 is 0 Å². The van der Waals surface area contributed by atoms with Gasteiger partial charge in [-0.15, -0.1) is 0 Å². The summed E-state index contributed by atoms with van der Waals surface area (Å²) in [4.78, 5) is 13.7. The molecule has 2 fully saturated rings. The summed E-state index contributed by atoms with van der Waals surface area (Å²) in [6, 6.07) is 0. The van der Waals surface area contributed by atoms with Crippen LogP contribution in [0.25, 0.3) is 0 Å². The average Bonchev–Trinajstić information content (AvgIpc) is 3.30. The summed E-state index contributed by atoms with van der Waals surface area (Å²) in [7, 11) is 0. The molecule has 158 valence electrons. The lowest BCUT2D eigenvalue weighted by Crippen LogP contribution is -2.48. The molecular formula is C25H46O2. The number of carbonyl (C=O) groups excluding carboxylic acids is 1. The number of ether oxygens (including phenoxy) is 1. The molecular weight excluding hydrogens is 332 g/mol. The van der Waals surface area contributed by atoms with E-state index in [0.29, 0.717) is 5.92 Å². The highest BCUT2D eigenvalue weighted by molar-refractivity contribution is 5.78. The lowest BCUT2D eigenvalue weighted by atomic mass is 9.66. The number of carbonyl (C=O) groups is 1. The van der Waals surface area contributed by atoms with Crippen LogP contribution < -0.4 is 0 Å². The monoisotopic (exact) mass is 378 g/mol. The van der Waals surface area contributed by atoms with Crippen LogP contribution in [0.3, 0.4) is 0 Å². The van der Waals surface area contributed by atoms with Gasteiger partial charge in [0.25, 0.3) is 0 Å². The van der Waals surface area contributed by atoms with Crippen molar-refractivity contribution in [1.82, 2.24) is 0 Å². The first-order valence-corrected chi connectivity index (χ1v) is 11.8. The topological polar surface area (TPSA) is 26.3 Å². The maximum atomic E-state index is 13.7. The van der Waals surface area contributed by atoms with E-state index in [0.717, 1.165) is 32.1 Å². The van der Waals surface area contributed by atoms with Crippen LogP contribution >= 0.6 is 0 Å². The van der Waals surface area contributed by atoms with E-state index in [1.165, 1.54) is 44.9 Å². The van der Waals surface area contributed by atoms with E-state index in [2.05, 4.69) is 48.5 Å². The summed E-state index contributed by atoms with van der Waals surface area (Å²) in [5.74, 6) is 0.617. The number of rotatable bonds is 7. The van der Waals surface area contributed by atoms with Crippen molar-refractivity contribution < 1.29 is 9.53 Å². The molecule has 0 aromatic rings. The minimum absolute atomic E-state index is 0.0863. The molecule has 0 amide bonds. The Morgan fingerprint density at radius 2 is 1.41 bits per heavy atom. The lowest BCUT2D eigenvalue weighted by Gasteiger charge is -2.45. The zero-order valence-electron chi connectivity index (χ0n) is 19.4. The van der Waals surface area contributed by atoms with Crippen LogP contribution in [0.15, 0.2) is 0 Å². The summed E-state index contributed by atoms with van der Waals surface area (Å²) in [6.45, 7) is 15.7. The molecule has 2 saturated carbocycles. The van der Waals surface area contributed by atoms with Gasteiger partial charge in [-0.05, 0) is 68.6 Å². The molecule has 2 heteroatoms. The second-order valence-corrected chi connectivity index (χ2v) is 11.3. The molecule has 0 heterocycles. The van der Waals surface area contributed by atoms with Crippen molar-refractivity contribution in [2.24, 2.45) is 22.2 Å². The summed E-state index contributed by atoms with van der Waals surface area (Å²) >= 11 is 0. The molecule has 2 rings (SSSR count). The van der Waals surface area contributed by atoms with Gasteiger partial charge in [-0.1, -0.05) is 73.6 Å². The predicted molar refractivity (Wildman–Crippen MR) is 115 cm³/mol. The van der Waals surface area contributed by atoms with E-state index in [1.54, 1.807) is 0 Å². The molecule has 2 nitrogen and oxygen atoms in total. The predicted octanol–water partition coefficient (Wildman–Crippen LogP) is 7.69. The zero-order valence-corrected chi connectivity index (χ0v) is 19.4. The Balaban J connectivity index is 2.25. The van der Waals surface area contributed by atoms with Gasteiger partial charge in [-0.3, -0.25) is 4.79 Å². The van der Waals surface area contributed by atoms with E-state index in [-0.39, 0.29) is 27.8 Å². The molecule has 0 bridgehead atoms. The minimum atomic E-state index is -0.373. The Morgan fingerprint density at radius 3 is 1.81 bits per heavy atom. The number of hydrogen-bond acceptors (Lipinski definition) is 2. The van der Waals surface area contributed by atoms with E-state index in [1.807, 2.05) is 0 Å². The van der Waals surface area contributed by atoms with Crippen molar-refractivity contribution in [1.29, 1.82) is 0 Å². The fourth-order valence-electron chi connectivity index (χ4n) is 5.67. The molecule has 2 aliphatic carbocycles. The Kier molecular flexibility index (Phi) is 7.13. The van der Waals surface area contributed by atoms with Gasteiger partial charge in [-0.2, -0.15) is 0 Å². The maximum Gasteiger partial charge on any atom is 0.312 e. The van der Waals surface area contributed by atoms with Crippen LogP contribution in [0.2, 0.25) is 0 Å². The second-order valence-electron chi connectivity index (χ2n) is 11.3. The quantitative estimate of drug-likeness (QED) is 0.424. The van der Waals surface area contributed by atoms with Crippen molar-refractivity contribution in [3.05, 3.63) is 0 Å². The zero-order chi connectivity index (χ0) is 20.3. The van der Waals surface area contributed by atoms with Crippen molar-refractivity contribution in [2.45, 2.75) is 131 Å². The molecule has 0 N–H and O–H groups in total. The van der Waals surface area contributed by atoms with Crippen molar-refractivity contribution in [3.63, 3.8) is 0 Å². The molecule has 1 atom stereocenters. The van der Waals surface area contributed by atoms with Gasteiger partial charge in [-0.25, -0.2) is 0 Å². The van der Waals surface area contributed by atoms with Crippen molar-refractivity contribution in [2.75, 3.05) is 0 Å². The number of esters is 1. The SMILES string of the molecule is CCC(CC)(OC(=O)C(C)(CC(C)(C)C)C1(C)CC1)C1CCCCCCC1. The van der Waals surface area contributed by atoms with Crippen LogP contribution in [0, 0.1) is 22.2 Å². The minimum Gasteiger partial charge on any atom is -0.458 e. The highest BCUT2D eigenvalue weighted by Gasteiger charge is 2.60. The van der Waals surface area contributed by atoms with Gasteiger partial charge < -0.3 is 4.74 Å². The largest absolute Gasteiger partial charge is 0.458 e. The Labute approximate surface area is 169 Å². The first-order chi connectivity index (χ1) is 12.5. The maximum absolute atomic E-state index is 13.7. The molecule has 0 aromatic heterocycles. The Morgan fingerprint density at radius 1 is 0.926 bits per heavy atom. The first-order valence-electron chi connectivity index (χ1n) is 11.8. The molecule has 0 saturated heterocycles. The fourth-order valence-corrected chi connectivity index (χ4v) is 5.67. The highest BCUT2D eigenvalue weighted by atomic mass is 16.6. The van der Waals surface area contributed by atoms with Gasteiger partial charge in [0.2, 0.25) is 0 Å². The van der Waals surface area contributed by atoms with E-state index < -0.39 is 0 Å². The van der Waals surface area contributed by atoms with E-state index in [9.17, 15) is 4.79 Å². The standard InChI is InChI=1S/C25H46O2/c1-8-25(9-2,20-15-13-11-10-12-14-16-20)27-21(26)24(7,19-22(3,4)5)23(6)17-18-23/h20H,8-19H2,1-7H3. The number of hydrogen-bond donors (Lipinski definition) is 0. The molecule has 2 aliphatic rings. The second kappa shape index (κ2) is 8.46. The van der Waals surface area contributed by atoms with Crippen molar-refractivity contribution in [3.8, 4) is 0 Å². The molecule has 0 radical (unpaired) electrons. The summed E-state index contributed by atoms with van der Waals surface area (Å²) in [6.07, 6.45) is 14.2.